The van der Waals surface area contributed by atoms with Gasteiger partial charge in [0.15, 0.2) is 0 Å². The number of sulfonamides is 1. The smallest absolute Gasteiger partial charge is 0.251 e. The van der Waals surface area contributed by atoms with E-state index in [9.17, 15) is 13.2 Å². The lowest BCUT2D eigenvalue weighted by Gasteiger charge is -2.18. The molecular weight excluding hydrogens is 423 g/mol. The van der Waals surface area contributed by atoms with Crippen LogP contribution in [-0.2, 0) is 16.6 Å². The van der Waals surface area contributed by atoms with Crippen molar-refractivity contribution >= 4 is 39.1 Å². The van der Waals surface area contributed by atoms with E-state index in [4.69, 9.17) is 27.9 Å². The monoisotopic (exact) mass is 442 g/mol. The van der Waals surface area contributed by atoms with Crippen LogP contribution in [0.15, 0.2) is 41.3 Å². The second-order valence-corrected chi connectivity index (χ2v) is 9.15. The zero-order chi connectivity index (χ0) is 20.3. The van der Waals surface area contributed by atoms with Crippen LogP contribution < -0.4 is 10.1 Å². The highest BCUT2D eigenvalue weighted by Gasteiger charge is 2.30. The molecule has 28 heavy (non-hydrogen) atoms. The predicted molar refractivity (Wildman–Crippen MR) is 109 cm³/mol. The molecule has 1 aliphatic rings. The minimum Gasteiger partial charge on any atom is -0.495 e. The van der Waals surface area contributed by atoms with Gasteiger partial charge in [-0.15, -0.1) is 0 Å². The fourth-order valence-electron chi connectivity index (χ4n) is 3.03. The van der Waals surface area contributed by atoms with Crippen LogP contribution in [0.5, 0.6) is 5.75 Å². The molecule has 2 aromatic rings. The molecule has 0 bridgehead atoms. The second kappa shape index (κ2) is 8.69. The molecule has 0 aliphatic carbocycles. The minimum absolute atomic E-state index is 0.00549. The number of benzene rings is 2. The summed E-state index contributed by atoms with van der Waals surface area (Å²) in [5.41, 5.74) is 0.932. The molecule has 150 valence electrons. The number of methoxy groups -OCH3 is 1. The minimum atomic E-state index is -3.72. The van der Waals surface area contributed by atoms with Crippen molar-refractivity contribution in [1.82, 2.24) is 9.62 Å². The molecule has 0 spiro atoms. The van der Waals surface area contributed by atoms with Gasteiger partial charge in [0.1, 0.15) is 10.6 Å². The third-order valence-corrected chi connectivity index (χ3v) is 7.07. The van der Waals surface area contributed by atoms with Gasteiger partial charge in [0, 0.05) is 35.2 Å². The largest absolute Gasteiger partial charge is 0.495 e. The van der Waals surface area contributed by atoms with Crippen LogP contribution in [0.25, 0.3) is 0 Å². The average Bonchev–Trinajstić information content (AvgIpc) is 3.22. The lowest BCUT2D eigenvalue weighted by atomic mass is 10.2. The van der Waals surface area contributed by atoms with Crippen molar-refractivity contribution in [3.8, 4) is 5.75 Å². The van der Waals surface area contributed by atoms with Crippen molar-refractivity contribution in [3.05, 3.63) is 57.6 Å². The zero-order valence-corrected chi connectivity index (χ0v) is 17.6. The highest BCUT2D eigenvalue weighted by molar-refractivity contribution is 7.89. The lowest BCUT2D eigenvalue weighted by Crippen LogP contribution is -2.29. The van der Waals surface area contributed by atoms with Gasteiger partial charge >= 0.3 is 0 Å². The lowest BCUT2D eigenvalue weighted by molar-refractivity contribution is 0.0950. The van der Waals surface area contributed by atoms with Crippen molar-refractivity contribution in [2.45, 2.75) is 24.3 Å². The number of halogens is 2. The summed E-state index contributed by atoms with van der Waals surface area (Å²) in [7, 11) is -2.32. The Hall–Kier alpha value is -1.80. The first kappa shape index (κ1) is 20.9. The Bertz CT molecular complexity index is 989. The molecule has 0 aromatic heterocycles. The fraction of sp³-hybridized carbons (Fsp3) is 0.316. The van der Waals surface area contributed by atoms with Crippen LogP contribution in [0.2, 0.25) is 10.0 Å². The normalized spacial score (nSPS) is 14.8. The predicted octanol–water partition coefficient (Wildman–Crippen LogP) is 3.72. The van der Waals surface area contributed by atoms with Crippen LogP contribution in [0.4, 0.5) is 0 Å². The van der Waals surface area contributed by atoms with E-state index in [-0.39, 0.29) is 22.8 Å². The Morgan fingerprint density at radius 1 is 1.14 bits per heavy atom. The Balaban J connectivity index is 1.83. The summed E-state index contributed by atoms with van der Waals surface area (Å²) in [4.78, 5) is 12.6. The summed E-state index contributed by atoms with van der Waals surface area (Å²) in [6, 6.07) is 9.38. The summed E-state index contributed by atoms with van der Waals surface area (Å²) < 4.78 is 32.5. The molecular formula is C19H20Cl2N2O4S. The highest BCUT2D eigenvalue weighted by atomic mass is 35.5. The third-order valence-electron chi connectivity index (χ3n) is 4.56. The number of ether oxygens (including phenoxy) is 1. The Morgan fingerprint density at radius 3 is 2.50 bits per heavy atom. The van der Waals surface area contributed by atoms with E-state index in [1.165, 1.54) is 29.6 Å². The van der Waals surface area contributed by atoms with E-state index < -0.39 is 15.9 Å². The summed E-state index contributed by atoms with van der Waals surface area (Å²) in [6.45, 7) is 1.13. The van der Waals surface area contributed by atoms with Gasteiger partial charge in [0.05, 0.1) is 7.11 Å². The summed E-state index contributed by atoms with van der Waals surface area (Å²) in [5, 5.41) is 3.70. The molecule has 6 nitrogen and oxygen atoms in total. The third kappa shape index (κ3) is 4.43. The molecule has 1 aliphatic heterocycles. The molecule has 1 amide bonds. The molecule has 9 heteroatoms. The van der Waals surface area contributed by atoms with Crippen LogP contribution in [0, 0.1) is 0 Å². The molecule has 1 fully saturated rings. The molecule has 1 saturated heterocycles. The number of hydrogen-bond donors (Lipinski definition) is 1. The number of carbonyl (C=O) groups is 1. The topological polar surface area (TPSA) is 75.7 Å². The van der Waals surface area contributed by atoms with Crippen LogP contribution in [0.3, 0.4) is 0 Å². The number of carbonyl (C=O) groups excluding carboxylic acids is 1. The van der Waals surface area contributed by atoms with Gasteiger partial charge in [0.2, 0.25) is 10.0 Å². The van der Waals surface area contributed by atoms with Gasteiger partial charge in [-0.25, -0.2) is 8.42 Å². The van der Waals surface area contributed by atoms with Gasteiger partial charge in [-0.1, -0.05) is 29.3 Å². The molecule has 0 saturated carbocycles. The van der Waals surface area contributed by atoms with E-state index in [2.05, 4.69) is 5.32 Å². The maximum absolute atomic E-state index is 12.9. The molecule has 0 unspecified atom stereocenters. The second-order valence-electron chi connectivity index (χ2n) is 6.40. The number of hydrogen-bond acceptors (Lipinski definition) is 4. The van der Waals surface area contributed by atoms with Crippen LogP contribution in [-0.4, -0.2) is 38.8 Å². The van der Waals surface area contributed by atoms with E-state index in [1.54, 1.807) is 18.2 Å². The molecule has 3 rings (SSSR count). The van der Waals surface area contributed by atoms with Crippen LogP contribution >= 0.6 is 23.2 Å². The van der Waals surface area contributed by atoms with Crippen molar-refractivity contribution in [2.24, 2.45) is 0 Å². The van der Waals surface area contributed by atoms with E-state index in [0.717, 1.165) is 12.8 Å². The average molecular weight is 443 g/mol. The molecule has 1 heterocycles. The standard InChI is InChI=1S/C19H20Cl2N2O4S/c1-27-17-7-5-13(10-18(17)28(25,26)23-8-2-3-9-23)19(24)22-12-14-4-6-15(20)11-16(14)21/h4-7,10-11H,2-3,8-9,12H2,1H3,(H,22,24). The van der Waals surface area contributed by atoms with Crippen LogP contribution in [0.1, 0.15) is 28.8 Å². The summed E-state index contributed by atoms with van der Waals surface area (Å²) >= 11 is 12.0. The van der Waals surface area contributed by atoms with E-state index in [1.807, 2.05) is 0 Å². The SMILES string of the molecule is COc1ccc(C(=O)NCc2ccc(Cl)cc2Cl)cc1S(=O)(=O)N1CCCC1. The molecule has 2 aromatic carbocycles. The first-order chi connectivity index (χ1) is 13.3. The number of nitrogens with zero attached hydrogens (tertiary/aromatic N) is 1. The van der Waals surface area contributed by atoms with Crippen molar-refractivity contribution < 1.29 is 17.9 Å². The first-order valence-electron chi connectivity index (χ1n) is 8.73. The quantitative estimate of drug-likeness (QED) is 0.739. The number of rotatable bonds is 6. The molecule has 0 atom stereocenters. The maximum Gasteiger partial charge on any atom is 0.251 e. The van der Waals surface area contributed by atoms with Crippen molar-refractivity contribution in [2.75, 3.05) is 20.2 Å². The van der Waals surface area contributed by atoms with Gasteiger partial charge in [0.25, 0.3) is 5.91 Å². The Labute approximate surface area is 174 Å². The Morgan fingerprint density at radius 2 is 1.86 bits per heavy atom. The number of amides is 1. The molecule has 0 radical (unpaired) electrons. The van der Waals surface area contributed by atoms with E-state index in [0.29, 0.717) is 28.7 Å². The Kier molecular flexibility index (Phi) is 6.50. The van der Waals surface area contributed by atoms with Gasteiger partial charge in [-0.2, -0.15) is 4.31 Å². The van der Waals surface area contributed by atoms with Crippen molar-refractivity contribution in [1.29, 1.82) is 0 Å². The molecule has 1 N–H and O–H groups in total. The van der Waals surface area contributed by atoms with Crippen molar-refractivity contribution in [3.63, 3.8) is 0 Å². The van der Waals surface area contributed by atoms with Gasteiger partial charge in [-0.3, -0.25) is 4.79 Å². The summed E-state index contributed by atoms with van der Waals surface area (Å²) in [5.74, 6) is -0.198. The number of nitrogens with one attached hydrogen (secondary N) is 1. The fourth-order valence-corrected chi connectivity index (χ4v) is 5.20. The zero-order valence-electron chi connectivity index (χ0n) is 15.2. The van der Waals surface area contributed by atoms with Gasteiger partial charge in [-0.05, 0) is 48.7 Å². The summed E-state index contributed by atoms with van der Waals surface area (Å²) in [6.07, 6.45) is 1.65. The van der Waals surface area contributed by atoms with E-state index >= 15 is 0 Å². The highest BCUT2D eigenvalue weighted by Crippen LogP contribution is 2.30. The first-order valence-corrected chi connectivity index (χ1v) is 10.9. The van der Waals surface area contributed by atoms with Gasteiger partial charge < -0.3 is 10.1 Å². The maximum atomic E-state index is 12.9.